The van der Waals surface area contributed by atoms with Gasteiger partial charge in [-0.2, -0.15) is 0 Å². The van der Waals surface area contributed by atoms with Gasteiger partial charge in [-0.3, -0.25) is 19.2 Å². The van der Waals surface area contributed by atoms with Crippen molar-refractivity contribution >= 4 is 35.4 Å². The molecule has 0 unspecified atom stereocenters. The van der Waals surface area contributed by atoms with Gasteiger partial charge in [-0.1, -0.05) is 43.2 Å². The van der Waals surface area contributed by atoms with E-state index in [4.69, 9.17) is 18.9 Å². The van der Waals surface area contributed by atoms with Crippen LogP contribution in [0.4, 0.5) is 11.6 Å². The molecule has 2 amide bonds. The number of hydrogen-bond donors (Lipinski definition) is 0. The average Bonchev–Trinajstić information content (AvgIpc) is 3.82. The van der Waals surface area contributed by atoms with Gasteiger partial charge >= 0.3 is 11.9 Å². The molecule has 304 valence electrons. The third-order valence-corrected chi connectivity index (χ3v) is 11.8. The molecule has 0 saturated heterocycles. The van der Waals surface area contributed by atoms with Crippen molar-refractivity contribution in [1.29, 1.82) is 0 Å². The van der Waals surface area contributed by atoms with Gasteiger partial charge in [-0.25, -0.2) is 4.90 Å². The lowest BCUT2D eigenvalue weighted by molar-refractivity contribution is -0.147. The molecule has 0 radical (unpaired) electrons. The standard InChI is InChI=1S/C46H52N4O8/c1-55-45(53)34-16-24-39(25-17-34)57-37-20-12-32(13-21-37)43(51)50(44(52)33-14-22-38(23-15-33)58-40-26-18-35(19-27-40)46(54)56-2)42-29-28-41(47-48-42)49(36-10-6-7-11-36)30-31-8-4-3-5-9-31/h3-5,8-9,12-15,20-23,28-29,34-36,39-40H,6-7,10-11,16-19,24-27,30H2,1-2H3/t34-,35?,39+,40?. The smallest absolute Gasteiger partial charge is 0.308 e. The van der Waals surface area contributed by atoms with E-state index < -0.39 is 11.8 Å². The lowest BCUT2D eigenvalue weighted by Crippen LogP contribution is -2.38. The number of methoxy groups -OCH3 is 2. The number of ether oxygens (including phenoxy) is 4. The number of imide groups is 1. The first kappa shape index (κ1) is 40.4. The molecule has 12 nitrogen and oxygen atoms in total. The van der Waals surface area contributed by atoms with Crippen LogP contribution in [-0.2, 0) is 25.6 Å². The topological polar surface area (TPSA) is 137 Å². The highest BCUT2D eigenvalue weighted by Crippen LogP contribution is 2.32. The Bertz CT molecular complexity index is 1890. The Kier molecular flexibility index (Phi) is 13.3. The maximum atomic E-state index is 14.4. The van der Waals surface area contributed by atoms with Crippen LogP contribution in [0.15, 0.2) is 91.0 Å². The van der Waals surface area contributed by atoms with Crippen molar-refractivity contribution in [2.45, 2.75) is 102 Å². The molecule has 3 aromatic carbocycles. The Balaban J connectivity index is 1.10. The number of hydrogen-bond acceptors (Lipinski definition) is 11. The fourth-order valence-corrected chi connectivity index (χ4v) is 8.45. The van der Waals surface area contributed by atoms with Gasteiger partial charge < -0.3 is 23.8 Å². The van der Waals surface area contributed by atoms with Crippen molar-refractivity contribution in [2.75, 3.05) is 24.0 Å². The Morgan fingerprint density at radius 1 is 0.552 bits per heavy atom. The minimum Gasteiger partial charge on any atom is -0.490 e. The van der Waals surface area contributed by atoms with Crippen molar-refractivity contribution in [1.82, 2.24) is 10.2 Å². The number of benzene rings is 3. The molecule has 0 aliphatic heterocycles. The zero-order chi connectivity index (χ0) is 40.4. The molecule has 3 aliphatic rings. The van der Waals surface area contributed by atoms with Crippen molar-refractivity contribution in [3.63, 3.8) is 0 Å². The minimum atomic E-state index is -0.559. The summed E-state index contributed by atoms with van der Waals surface area (Å²) in [6.07, 6.45) is 9.99. The molecule has 7 rings (SSSR count). The molecule has 0 bridgehead atoms. The van der Waals surface area contributed by atoms with Crippen LogP contribution in [0.3, 0.4) is 0 Å². The second kappa shape index (κ2) is 19.1. The third-order valence-electron chi connectivity index (χ3n) is 11.8. The first-order valence-corrected chi connectivity index (χ1v) is 20.5. The Labute approximate surface area is 339 Å². The predicted octanol–water partition coefficient (Wildman–Crippen LogP) is 8.13. The first-order chi connectivity index (χ1) is 28.3. The highest BCUT2D eigenvalue weighted by Gasteiger charge is 2.32. The number of carbonyl (C=O) groups is 4. The molecule has 0 spiro atoms. The van der Waals surface area contributed by atoms with Gasteiger partial charge in [0.1, 0.15) is 11.5 Å². The molecule has 1 aromatic heterocycles. The maximum Gasteiger partial charge on any atom is 0.308 e. The van der Waals surface area contributed by atoms with E-state index in [1.54, 1.807) is 54.6 Å². The van der Waals surface area contributed by atoms with Crippen LogP contribution in [0.5, 0.6) is 11.5 Å². The first-order valence-electron chi connectivity index (χ1n) is 20.5. The van der Waals surface area contributed by atoms with Crippen LogP contribution in [0.25, 0.3) is 0 Å². The van der Waals surface area contributed by atoms with Crippen molar-refractivity contribution in [3.05, 3.63) is 108 Å². The Morgan fingerprint density at radius 2 is 1.00 bits per heavy atom. The minimum absolute atomic E-state index is 0.0538. The molecule has 3 aliphatic carbocycles. The SMILES string of the molecule is COC(=O)C1CCC(Oc2ccc(C(=O)N(C(=O)c3ccc(O[C@H]4CC[C@@H](C(=O)OC)CC4)cc3)c3ccc(N(Cc4ccccc4)C4CCCC4)nn3)cc2)CC1. The lowest BCUT2D eigenvalue weighted by Gasteiger charge is -2.30. The van der Waals surface area contributed by atoms with Crippen LogP contribution in [0.1, 0.15) is 103 Å². The van der Waals surface area contributed by atoms with Gasteiger partial charge in [0, 0.05) is 23.7 Å². The molecule has 3 saturated carbocycles. The molecule has 4 aromatic rings. The van der Waals surface area contributed by atoms with Gasteiger partial charge in [0.05, 0.1) is 38.3 Å². The van der Waals surface area contributed by atoms with Gasteiger partial charge in [0.25, 0.3) is 11.8 Å². The number of nitrogens with zero attached hydrogens (tertiary/aromatic N) is 4. The fraction of sp³-hybridized carbons (Fsp3) is 0.435. The quantitative estimate of drug-likeness (QED) is 0.0959. The number of anilines is 2. The molecule has 0 N–H and O–H groups in total. The summed E-state index contributed by atoms with van der Waals surface area (Å²) >= 11 is 0. The Morgan fingerprint density at radius 3 is 1.43 bits per heavy atom. The zero-order valence-corrected chi connectivity index (χ0v) is 33.3. The van der Waals surface area contributed by atoms with E-state index >= 15 is 0 Å². The van der Waals surface area contributed by atoms with Crippen LogP contribution < -0.4 is 19.3 Å². The summed E-state index contributed by atoms with van der Waals surface area (Å²) in [5.74, 6) is 0.287. The van der Waals surface area contributed by atoms with Gasteiger partial charge in [0.15, 0.2) is 11.6 Å². The summed E-state index contributed by atoms with van der Waals surface area (Å²) in [5, 5.41) is 9.15. The van der Waals surface area contributed by atoms with Crippen molar-refractivity contribution in [3.8, 4) is 11.5 Å². The predicted molar refractivity (Wildman–Crippen MR) is 218 cm³/mol. The van der Waals surface area contributed by atoms with E-state index in [9.17, 15) is 19.2 Å². The Hall–Kier alpha value is -5.78. The van der Waals surface area contributed by atoms with Crippen LogP contribution in [-0.4, -0.2) is 66.4 Å². The van der Waals surface area contributed by atoms with Crippen molar-refractivity contribution < 1.29 is 38.1 Å². The highest BCUT2D eigenvalue weighted by molar-refractivity contribution is 6.25. The third kappa shape index (κ3) is 9.84. The monoisotopic (exact) mass is 788 g/mol. The second-order valence-electron chi connectivity index (χ2n) is 15.5. The molecule has 1 heterocycles. The molecule has 0 atom stereocenters. The summed E-state index contributed by atoms with van der Waals surface area (Å²) < 4.78 is 22.3. The fourth-order valence-electron chi connectivity index (χ4n) is 8.45. The summed E-state index contributed by atoms with van der Waals surface area (Å²) in [7, 11) is 2.83. The zero-order valence-electron chi connectivity index (χ0n) is 33.3. The van der Waals surface area contributed by atoms with E-state index in [0.717, 1.165) is 61.8 Å². The van der Waals surface area contributed by atoms with Gasteiger partial charge in [-0.05, 0) is 130 Å². The number of amides is 2. The largest absolute Gasteiger partial charge is 0.490 e. The van der Waals surface area contributed by atoms with Gasteiger partial charge in [-0.15, -0.1) is 10.2 Å². The van der Waals surface area contributed by atoms with Crippen LogP contribution in [0, 0.1) is 11.8 Å². The number of esters is 2. The molecule has 12 heteroatoms. The summed E-state index contributed by atoms with van der Waals surface area (Å²) in [4.78, 5) is 56.0. The molecular weight excluding hydrogens is 737 g/mol. The molecule has 3 fully saturated rings. The van der Waals surface area contributed by atoms with E-state index in [0.29, 0.717) is 55.6 Å². The van der Waals surface area contributed by atoms with Crippen LogP contribution in [0.2, 0.25) is 0 Å². The maximum absolute atomic E-state index is 14.4. The number of aromatic nitrogens is 2. The molecule has 58 heavy (non-hydrogen) atoms. The van der Waals surface area contributed by atoms with Crippen molar-refractivity contribution in [2.24, 2.45) is 11.8 Å². The molecular formula is C46H52N4O8. The number of carbonyl (C=O) groups excluding carboxylic acids is 4. The van der Waals surface area contributed by atoms with E-state index in [1.165, 1.54) is 14.2 Å². The lowest BCUT2D eigenvalue weighted by atomic mass is 9.87. The van der Waals surface area contributed by atoms with E-state index in [1.807, 2.05) is 24.3 Å². The van der Waals surface area contributed by atoms with E-state index in [2.05, 4.69) is 27.2 Å². The summed E-state index contributed by atoms with van der Waals surface area (Å²) in [6.45, 7) is 0.670. The summed E-state index contributed by atoms with van der Waals surface area (Å²) in [6, 6.07) is 27.6. The van der Waals surface area contributed by atoms with E-state index in [-0.39, 0.29) is 52.9 Å². The normalized spacial score (nSPS) is 20.7. The summed E-state index contributed by atoms with van der Waals surface area (Å²) in [5.41, 5.74) is 1.72. The van der Waals surface area contributed by atoms with Gasteiger partial charge in [0.2, 0.25) is 0 Å². The highest BCUT2D eigenvalue weighted by atomic mass is 16.5. The number of rotatable bonds is 13. The van der Waals surface area contributed by atoms with Crippen LogP contribution >= 0.6 is 0 Å². The second-order valence-corrected chi connectivity index (χ2v) is 15.5. The average molecular weight is 789 g/mol.